The van der Waals surface area contributed by atoms with Gasteiger partial charge in [-0.2, -0.15) is 5.10 Å². The largest absolute Gasteiger partial charge is 0.389 e. The van der Waals surface area contributed by atoms with Crippen LogP contribution in [0.1, 0.15) is 17.3 Å². The zero-order valence-corrected chi connectivity index (χ0v) is 9.37. The topological polar surface area (TPSA) is 70.7 Å². The van der Waals surface area contributed by atoms with E-state index in [9.17, 15) is 9.90 Å². The molecule has 1 aliphatic rings. The van der Waals surface area contributed by atoms with E-state index in [0.717, 1.165) is 5.82 Å². The SMILES string of the molecule is CC(=O)c1cnn2ccc(N3CC(O)C3)nc12. The van der Waals surface area contributed by atoms with Gasteiger partial charge in [0.25, 0.3) is 0 Å². The highest BCUT2D eigenvalue weighted by Crippen LogP contribution is 2.20. The molecule has 2 aromatic heterocycles. The Morgan fingerprint density at radius 1 is 1.53 bits per heavy atom. The highest BCUT2D eigenvalue weighted by molar-refractivity contribution is 5.99. The second kappa shape index (κ2) is 3.53. The number of aliphatic hydroxyl groups excluding tert-OH is 1. The Bertz CT molecular complexity index is 586. The lowest BCUT2D eigenvalue weighted by Crippen LogP contribution is -2.51. The van der Waals surface area contributed by atoms with Gasteiger partial charge in [0.05, 0.1) is 17.9 Å². The normalized spacial score (nSPS) is 16.2. The van der Waals surface area contributed by atoms with Crippen molar-refractivity contribution in [2.45, 2.75) is 13.0 Å². The van der Waals surface area contributed by atoms with Gasteiger partial charge in [-0.1, -0.05) is 0 Å². The first kappa shape index (κ1) is 10.2. The van der Waals surface area contributed by atoms with Gasteiger partial charge in [0.2, 0.25) is 0 Å². The fraction of sp³-hybridized carbons (Fsp3) is 0.364. The predicted octanol–water partition coefficient (Wildman–Crippen LogP) is 0.113. The van der Waals surface area contributed by atoms with Crippen LogP contribution >= 0.6 is 0 Å². The van der Waals surface area contributed by atoms with Crippen molar-refractivity contribution in [2.75, 3.05) is 18.0 Å². The molecule has 1 aliphatic heterocycles. The molecule has 0 bridgehead atoms. The van der Waals surface area contributed by atoms with Crippen molar-refractivity contribution in [1.82, 2.24) is 14.6 Å². The summed E-state index contributed by atoms with van der Waals surface area (Å²) in [4.78, 5) is 17.8. The number of hydrogen-bond acceptors (Lipinski definition) is 5. The molecule has 0 spiro atoms. The summed E-state index contributed by atoms with van der Waals surface area (Å²) in [5.74, 6) is 0.721. The van der Waals surface area contributed by atoms with Crippen molar-refractivity contribution in [3.05, 3.63) is 24.0 Å². The van der Waals surface area contributed by atoms with Crippen LogP contribution in [-0.4, -0.2) is 44.7 Å². The molecule has 0 aromatic carbocycles. The van der Waals surface area contributed by atoms with Crippen LogP contribution in [0.15, 0.2) is 18.5 Å². The lowest BCUT2D eigenvalue weighted by Gasteiger charge is -2.36. The first-order valence-corrected chi connectivity index (χ1v) is 5.43. The number of nitrogens with zero attached hydrogens (tertiary/aromatic N) is 4. The number of rotatable bonds is 2. The fourth-order valence-corrected chi connectivity index (χ4v) is 1.93. The molecule has 0 radical (unpaired) electrons. The van der Waals surface area contributed by atoms with Gasteiger partial charge in [-0.3, -0.25) is 4.79 Å². The minimum absolute atomic E-state index is 0.0479. The molecule has 2 aromatic rings. The molecule has 0 saturated carbocycles. The van der Waals surface area contributed by atoms with E-state index in [4.69, 9.17) is 0 Å². The van der Waals surface area contributed by atoms with E-state index in [1.54, 1.807) is 10.7 Å². The number of fused-ring (bicyclic) bond motifs is 1. The second-order valence-corrected chi connectivity index (χ2v) is 4.23. The summed E-state index contributed by atoms with van der Waals surface area (Å²) in [6.45, 7) is 2.68. The van der Waals surface area contributed by atoms with Gasteiger partial charge in [-0.15, -0.1) is 0 Å². The molecule has 3 heterocycles. The molecule has 0 unspecified atom stereocenters. The third-order valence-electron chi connectivity index (χ3n) is 2.92. The maximum Gasteiger partial charge on any atom is 0.168 e. The Kier molecular flexibility index (Phi) is 2.12. The van der Waals surface area contributed by atoms with Gasteiger partial charge in [0.15, 0.2) is 11.4 Å². The zero-order chi connectivity index (χ0) is 12.0. The summed E-state index contributed by atoms with van der Waals surface area (Å²) in [5, 5.41) is 13.3. The van der Waals surface area contributed by atoms with Crippen LogP contribution in [-0.2, 0) is 0 Å². The summed E-state index contributed by atoms with van der Waals surface area (Å²) < 4.78 is 1.58. The molecular formula is C11H12N4O2. The van der Waals surface area contributed by atoms with Gasteiger partial charge in [-0.25, -0.2) is 9.50 Å². The first-order valence-electron chi connectivity index (χ1n) is 5.43. The van der Waals surface area contributed by atoms with Crippen molar-refractivity contribution in [2.24, 2.45) is 0 Å². The third-order valence-corrected chi connectivity index (χ3v) is 2.92. The summed E-state index contributed by atoms with van der Waals surface area (Å²) in [6.07, 6.45) is 3.03. The van der Waals surface area contributed by atoms with E-state index in [1.807, 2.05) is 11.0 Å². The molecule has 0 amide bonds. The van der Waals surface area contributed by atoms with Gasteiger partial charge >= 0.3 is 0 Å². The number of Topliss-reactive ketones (excluding diaryl/α,β-unsaturated/α-hetero) is 1. The van der Waals surface area contributed by atoms with E-state index in [-0.39, 0.29) is 11.9 Å². The highest BCUT2D eigenvalue weighted by Gasteiger charge is 2.26. The average Bonchev–Trinajstić information content (AvgIpc) is 2.67. The quantitative estimate of drug-likeness (QED) is 0.744. The van der Waals surface area contributed by atoms with Gasteiger partial charge in [0.1, 0.15) is 5.82 Å². The minimum atomic E-state index is -0.273. The molecular weight excluding hydrogens is 220 g/mol. The Labute approximate surface area is 97.5 Å². The van der Waals surface area contributed by atoms with Crippen LogP contribution in [0.5, 0.6) is 0 Å². The van der Waals surface area contributed by atoms with Crippen LogP contribution < -0.4 is 4.90 Å². The summed E-state index contributed by atoms with van der Waals surface area (Å²) >= 11 is 0. The third kappa shape index (κ3) is 1.57. The lowest BCUT2D eigenvalue weighted by atomic mass is 10.2. The van der Waals surface area contributed by atoms with Crippen LogP contribution in [0.4, 0.5) is 5.82 Å². The standard InChI is InChI=1S/C11H12N4O2/c1-7(16)9-4-12-15-3-2-10(13-11(9)15)14-5-8(17)6-14/h2-4,8,17H,5-6H2,1H3. The number of β-amino-alcohol motifs (C(OH)–C–C–N with tert-alkyl or cyclic N) is 1. The smallest absolute Gasteiger partial charge is 0.168 e. The Morgan fingerprint density at radius 3 is 2.94 bits per heavy atom. The average molecular weight is 232 g/mol. The number of aromatic nitrogens is 3. The van der Waals surface area contributed by atoms with E-state index in [1.165, 1.54) is 13.1 Å². The number of anilines is 1. The minimum Gasteiger partial charge on any atom is -0.389 e. The van der Waals surface area contributed by atoms with Crippen LogP contribution in [0.25, 0.3) is 5.65 Å². The molecule has 0 aliphatic carbocycles. The number of aliphatic hydroxyl groups is 1. The van der Waals surface area contributed by atoms with Crippen LogP contribution in [0.2, 0.25) is 0 Å². The van der Waals surface area contributed by atoms with Crippen LogP contribution in [0, 0.1) is 0 Å². The van der Waals surface area contributed by atoms with Crippen LogP contribution in [0.3, 0.4) is 0 Å². The first-order chi connectivity index (χ1) is 8.15. The highest BCUT2D eigenvalue weighted by atomic mass is 16.3. The number of hydrogen-bond donors (Lipinski definition) is 1. The Hall–Kier alpha value is -1.95. The number of ketones is 1. The molecule has 1 saturated heterocycles. The van der Waals surface area contributed by atoms with Crippen molar-refractivity contribution in [3.63, 3.8) is 0 Å². The number of carbonyl (C=O) groups is 1. The van der Waals surface area contributed by atoms with Crippen molar-refractivity contribution in [1.29, 1.82) is 0 Å². The van der Waals surface area contributed by atoms with Gasteiger partial charge < -0.3 is 10.0 Å². The molecule has 0 atom stereocenters. The van der Waals surface area contributed by atoms with E-state index < -0.39 is 0 Å². The zero-order valence-electron chi connectivity index (χ0n) is 9.37. The monoisotopic (exact) mass is 232 g/mol. The van der Waals surface area contributed by atoms with Crippen molar-refractivity contribution in [3.8, 4) is 0 Å². The molecule has 1 N–H and O–H groups in total. The predicted molar refractivity (Wildman–Crippen MR) is 61.2 cm³/mol. The van der Waals surface area contributed by atoms with Crippen molar-refractivity contribution < 1.29 is 9.90 Å². The second-order valence-electron chi connectivity index (χ2n) is 4.23. The van der Waals surface area contributed by atoms with Gasteiger partial charge in [-0.05, 0) is 13.0 Å². The molecule has 6 nitrogen and oxygen atoms in total. The molecule has 6 heteroatoms. The molecule has 88 valence electrons. The van der Waals surface area contributed by atoms with E-state index in [2.05, 4.69) is 10.1 Å². The van der Waals surface area contributed by atoms with E-state index >= 15 is 0 Å². The van der Waals surface area contributed by atoms with E-state index in [0.29, 0.717) is 24.3 Å². The molecule has 1 fully saturated rings. The maximum absolute atomic E-state index is 11.4. The Balaban J connectivity index is 2.04. The molecule has 17 heavy (non-hydrogen) atoms. The Morgan fingerprint density at radius 2 is 2.29 bits per heavy atom. The summed E-state index contributed by atoms with van der Waals surface area (Å²) in [5.41, 5.74) is 1.09. The lowest BCUT2D eigenvalue weighted by molar-refractivity contribution is 0.101. The summed E-state index contributed by atoms with van der Waals surface area (Å²) in [7, 11) is 0. The van der Waals surface area contributed by atoms with Crippen molar-refractivity contribution >= 4 is 17.2 Å². The summed E-state index contributed by atoms with van der Waals surface area (Å²) in [6, 6.07) is 1.83. The molecule has 3 rings (SSSR count). The number of carbonyl (C=O) groups excluding carboxylic acids is 1. The van der Waals surface area contributed by atoms with Gasteiger partial charge in [0, 0.05) is 19.3 Å². The maximum atomic E-state index is 11.4. The fourth-order valence-electron chi connectivity index (χ4n) is 1.93.